The number of likely N-dealkylation sites (N-methyl/N-ethyl adjacent to an activating group) is 1. The second-order valence-electron chi connectivity index (χ2n) is 7.67. The minimum Gasteiger partial charge on any atom is -0.355 e. The summed E-state index contributed by atoms with van der Waals surface area (Å²) >= 11 is 1.11. The maximum Gasteiger partial charge on any atom is 0.308 e. The Kier molecular flexibility index (Phi) is 4.78. The summed E-state index contributed by atoms with van der Waals surface area (Å²) in [6.07, 6.45) is 0. The zero-order valence-electron chi connectivity index (χ0n) is 17.3. The lowest BCUT2D eigenvalue weighted by atomic mass is 10.1. The lowest BCUT2D eigenvalue weighted by molar-refractivity contribution is -0.119. The van der Waals surface area contributed by atoms with E-state index in [0.717, 1.165) is 39.2 Å². The first kappa shape index (κ1) is 19.4. The first-order valence-electron chi connectivity index (χ1n) is 10.0. The monoisotopic (exact) mass is 431 g/mol. The summed E-state index contributed by atoms with van der Waals surface area (Å²) in [5, 5.41) is 1.81. The van der Waals surface area contributed by atoms with Crippen molar-refractivity contribution in [3.05, 3.63) is 69.1 Å². The van der Waals surface area contributed by atoms with E-state index in [0.29, 0.717) is 24.7 Å². The summed E-state index contributed by atoms with van der Waals surface area (Å²) in [7, 11) is 1.95. The van der Waals surface area contributed by atoms with Crippen LogP contribution in [0.4, 0.5) is 11.6 Å². The molecule has 0 fully saturated rings. The number of fused-ring (bicyclic) bond motifs is 2. The van der Waals surface area contributed by atoms with Crippen molar-refractivity contribution >= 4 is 39.9 Å². The minimum atomic E-state index is -0.173. The van der Waals surface area contributed by atoms with Crippen LogP contribution in [0.3, 0.4) is 0 Å². The molecule has 2 aromatic carbocycles. The van der Waals surface area contributed by atoms with Gasteiger partial charge in [0.1, 0.15) is 6.54 Å². The zero-order valence-corrected chi connectivity index (χ0v) is 18.1. The highest BCUT2D eigenvalue weighted by Gasteiger charge is 2.29. The van der Waals surface area contributed by atoms with Gasteiger partial charge in [0.25, 0.3) is 0 Å². The largest absolute Gasteiger partial charge is 0.355 e. The first-order chi connectivity index (χ1) is 15.0. The minimum absolute atomic E-state index is 0.0385. The van der Waals surface area contributed by atoms with E-state index in [1.807, 2.05) is 72.8 Å². The van der Waals surface area contributed by atoms with Gasteiger partial charge < -0.3 is 4.90 Å². The highest BCUT2D eigenvalue weighted by atomic mass is 32.1. The molecule has 156 valence electrons. The molecule has 7 nitrogen and oxygen atoms in total. The number of carbonyl (C=O) groups is 1. The number of amides is 1. The number of para-hydroxylation sites is 2. The summed E-state index contributed by atoms with van der Waals surface area (Å²) in [5.41, 5.74) is 4.34. The SMILES string of the molecule is Cc1ccc(-c2csc(=O)n2CC(=O)N2CCN(C)c3nc4ccccc4nc32)cc1. The van der Waals surface area contributed by atoms with Crippen LogP contribution in [0.2, 0.25) is 0 Å². The van der Waals surface area contributed by atoms with Gasteiger partial charge >= 0.3 is 4.87 Å². The second kappa shape index (κ2) is 7.63. The number of thiazole rings is 1. The molecule has 0 spiro atoms. The van der Waals surface area contributed by atoms with Gasteiger partial charge in [0.2, 0.25) is 5.91 Å². The van der Waals surface area contributed by atoms with Crippen molar-refractivity contribution < 1.29 is 4.79 Å². The van der Waals surface area contributed by atoms with Gasteiger partial charge in [-0.2, -0.15) is 0 Å². The van der Waals surface area contributed by atoms with Crippen LogP contribution in [0.1, 0.15) is 5.56 Å². The van der Waals surface area contributed by atoms with E-state index < -0.39 is 0 Å². The standard InChI is InChI=1S/C23H21N5O2S/c1-15-7-9-16(10-8-15)19-14-31-23(30)28(19)13-20(29)27-12-11-26(2)21-22(27)25-18-6-4-3-5-17(18)24-21/h3-10,14H,11-13H2,1-2H3. The number of aromatic nitrogens is 3. The van der Waals surface area contributed by atoms with E-state index in [9.17, 15) is 9.59 Å². The fourth-order valence-corrected chi connectivity index (χ4v) is 4.54. The second-order valence-corrected chi connectivity index (χ2v) is 8.49. The van der Waals surface area contributed by atoms with Crippen LogP contribution in [-0.2, 0) is 11.3 Å². The maximum absolute atomic E-state index is 13.3. The van der Waals surface area contributed by atoms with Crippen molar-refractivity contribution in [1.29, 1.82) is 0 Å². The molecule has 3 heterocycles. The van der Waals surface area contributed by atoms with E-state index in [-0.39, 0.29) is 17.3 Å². The molecule has 1 aliphatic rings. The third-order valence-electron chi connectivity index (χ3n) is 5.54. The zero-order chi connectivity index (χ0) is 21.5. The van der Waals surface area contributed by atoms with Gasteiger partial charge in [-0.05, 0) is 24.6 Å². The molecule has 2 aromatic heterocycles. The van der Waals surface area contributed by atoms with Gasteiger partial charge in [-0.3, -0.25) is 19.1 Å². The highest BCUT2D eigenvalue weighted by molar-refractivity contribution is 7.07. The van der Waals surface area contributed by atoms with Crippen LogP contribution in [0.25, 0.3) is 22.3 Å². The lowest BCUT2D eigenvalue weighted by Gasteiger charge is -2.33. The van der Waals surface area contributed by atoms with Gasteiger partial charge in [-0.1, -0.05) is 53.3 Å². The summed E-state index contributed by atoms with van der Waals surface area (Å²) < 4.78 is 1.55. The van der Waals surface area contributed by atoms with E-state index in [1.165, 1.54) is 0 Å². The number of nitrogens with zero attached hydrogens (tertiary/aromatic N) is 5. The van der Waals surface area contributed by atoms with Crippen molar-refractivity contribution in [3.8, 4) is 11.3 Å². The molecule has 0 radical (unpaired) electrons. The van der Waals surface area contributed by atoms with E-state index >= 15 is 0 Å². The Labute approximate surface area is 183 Å². The van der Waals surface area contributed by atoms with Crippen molar-refractivity contribution in [3.63, 3.8) is 0 Å². The molecule has 0 N–H and O–H groups in total. The molecule has 0 saturated carbocycles. The number of anilines is 2. The smallest absolute Gasteiger partial charge is 0.308 e. The lowest BCUT2D eigenvalue weighted by Crippen LogP contribution is -2.45. The molecule has 0 aliphatic carbocycles. The molecule has 0 unspecified atom stereocenters. The topological polar surface area (TPSA) is 71.3 Å². The van der Waals surface area contributed by atoms with Crippen LogP contribution in [0.15, 0.2) is 58.7 Å². The van der Waals surface area contributed by atoms with Gasteiger partial charge in [0.05, 0.1) is 16.7 Å². The Morgan fingerprint density at radius 3 is 2.39 bits per heavy atom. The highest BCUT2D eigenvalue weighted by Crippen LogP contribution is 2.31. The van der Waals surface area contributed by atoms with Crippen LogP contribution in [0, 0.1) is 6.92 Å². The van der Waals surface area contributed by atoms with Gasteiger partial charge in [0, 0.05) is 25.5 Å². The predicted octanol–water partition coefficient (Wildman–Crippen LogP) is 3.31. The van der Waals surface area contributed by atoms with E-state index in [1.54, 1.807) is 9.47 Å². The molecule has 0 bridgehead atoms. The molecule has 0 atom stereocenters. The van der Waals surface area contributed by atoms with Crippen LogP contribution < -0.4 is 14.7 Å². The quantitative estimate of drug-likeness (QED) is 0.498. The van der Waals surface area contributed by atoms with Crippen LogP contribution in [-0.4, -0.2) is 40.6 Å². The summed E-state index contributed by atoms with van der Waals surface area (Å²) in [6.45, 7) is 3.12. The van der Waals surface area contributed by atoms with E-state index in [4.69, 9.17) is 9.97 Å². The first-order valence-corrected chi connectivity index (χ1v) is 10.9. The third kappa shape index (κ3) is 3.48. The van der Waals surface area contributed by atoms with Crippen LogP contribution in [0.5, 0.6) is 0 Å². The maximum atomic E-state index is 13.3. The normalized spacial score (nSPS) is 13.5. The molecular weight excluding hydrogens is 410 g/mol. The van der Waals surface area contributed by atoms with Gasteiger partial charge in [-0.25, -0.2) is 9.97 Å². The summed E-state index contributed by atoms with van der Waals surface area (Å²) in [4.78, 5) is 38.8. The van der Waals surface area contributed by atoms with Crippen molar-refractivity contribution in [1.82, 2.24) is 14.5 Å². The summed E-state index contributed by atoms with van der Waals surface area (Å²) in [6, 6.07) is 15.6. The predicted molar refractivity (Wildman–Crippen MR) is 124 cm³/mol. The van der Waals surface area contributed by atoms with Crippen molar-refractivity contribution in [2.75, 3.05) is 29.9 Å². The Morgan fingerprint density at radius 2 is 1.68 bits per heavy atom. The number of carbonyl (C=O) groups excluding carboxylic acids is 1. The van der Waals surface area contributed by atoms with Gasteiger partial charge in [0.15, 0.2) is 11.6 Å². The van der Waals surface area contributed by atoms with Crippen LogP contribution >= 0.6 is 11.3 Å². The number of hydrogen-bond donors (Lipinski definition) is 0. The third-order valence-corrected chi connectivity index (χ3v) is 6.30. The molecule has 1 amide bonds. The molecule has 1 aliphatic heterocycles. The fraction of sp³-hybridized carbons (Fsp3) is 0.217. The van der Waals surface area contributed by atoms with E-state index in [2.05, 4.69) is 0 Å². The molecular formula is C23H21N5O2S. The van der Waals surface area contributed by atoms with Crippen molar-refractivity contribution in [2.45, 2.75) is 13.5 Å². The Hall–Kier alpha value is -3.52. The number of benzene rings is 2. The fourth-order valence-electron chi connectivity index (χ4n) is 3.77. The Balaban J connectivity index is 1.51. The van der Waals surface area contributed by atoms with Crippen molar-refractivity contribution in [2.24, 2.45) is 0 Å². The van der Waals surface area contributed by atoms with Gasteiger partial charge in [-0.15, -0.1) is 0 Å². The average molecular weight is 432 g/mol. The number of aryl methyl sites for hydroxylation is 1. The molecule has 8 heteroatoms. The summed E-state index contributed by atoms with van der Waals surface area (Å²) in [5.74, 6) is 1.04. The average Bonchev–Trinajstić information content (AvgIpc) is 3.13. The molecule has 5 rings (SSSR count). The Morgan fingerprint density at radius 1 is 1.00 bits per heavy atom. The molecule has 0 saturated heterocycles. The molecule has 4 aromatic rings. The number of hydrogen-bond acceptors (Lipinski definition) is 6. The number of rotatable bonds is 3. The molecule has 31 heavy (non-hydrogen) atoms. The Bertz CT molecular complexity index is 1340.